The van der Waals surface area contributed by atoms with Gasteiger partial charge in [-0.1, -0.05) is 69.7 Å². The van der Waals surface area contributed by atoms with Gasteiger partial charge in [-0.2, -0.15) is 0 Å². The fourth-order valence-electron chi connectivity index (χ4n) is 6.85. The maximum atomic E-state index is 13.5. The third-order valence-electron chi connectivity index (χ3n) is 9.12. The second-order valence-corrected chi connectivity index (χ2v) is 11.3. The Labute approximate surface area is 191 Å². The fraction of sp³-hybridized carbons (Fsp3) is 0.586. The van der Waals surface area contributed by atoms with Crippen molar-refractivity contribution in [3.8, 4) is 0 Å². The van der Waals surface area contributed by atoms with Gasteiger partial charge in [-0.05, 0) is 66.2 Å². The van der Waals surface area contributed by atoms with E-state index in [1.54, 1.807) is 0 Å². The molecule has 3 aliphatic carbocycles. The Balaban J connectivity index is 1.41. The molecule has 3 nitrogen and oxygen atoms in total. The summed E-state index contributed by atoms with van der Waals surface area (Å²) in [5.41, 5.74) is 0.686. The smallest absolute Gasteiger partial charge is 0.313 e. The summed E-state index contributed by atoms with van der Waals surface area (Å²) in [6.45, 7) is 6.90. The van der Waals surface area contributed by atoms with Gasteiger partial charge in [-0.25, -0.2) is 0 Å². The predicted molar refractivity (Wildman–Crippen MR) is 127 cm³/mol. The Morgan fingerprint density at radius 3 is 2.56 bits per heavy atom. The third-order valence-corrected chi connectivity index (χ3v) is 9.12. The van der Waals surface area contributed by atoms with Crippen LogP contribution in [0.25, 0.3) is 10.8 Å². The molecule has 0 aromatic heterocycles. The van der Waals surface area contributed by atoms with Crippen molar-refractivity contribution in [2.24, 2.45) is 23.2 Å². The number of hydrogen-bond acceptors (Lipinski definition) is 3. The molecule has 0 saturated heterocycles. The number of carbonyl (C=O) groups excluding carboxylic acids is 2. The summed E-state index contributed by atoms with van der Waals surface area (Å²) in [6.07, 6.45) is 7.04. The van der Waals surface area contributed by atoms with Crippen molar-refractivity contribution in [3.63, 3.8) is 0 Å². The van der Waals surface area contributed by atoms with E-state index in [0.29, 0.717) is 12.3 Å². The van der Waals surface area contributed by atoms with Crippen LogP contribution in [0.5, 0.6) is 0 Å². The molecule has 0 bridgehead atoms. The number of rotatable bonds is 4. The summed E-state index contributed by atoms with van der Waals surface area (Å²) in [5, 5.41) is 2.51. The van der Waals surface area contributed by atoms with Crippen LogP contribution in [0.2, 0.25) is 0 Å². The summed E-state index contributed by atoms with van der Waals surface area (Å²) in [6, 6.07) is 15.3. The number of esters is 1. The van der Waals surface area contributed by atoms with E-state index in [0.717, 1.165) is 38.5 Å². The van der Waals surface area contributed by atoms with E-state index < -0.39 is 5.41 Å². The Morgan fingerprint density at radius 2 is 1.81 bits per heavy atom. The van der Waals surface area contributed by atoms with Gasteiger partial charge >= 0.3 is 5.97 Å². The standard InChI is InChI=1S/C29H36O3/c1-19-10-13-24(28(2,3)22-12-11-20-7-4-5-8-21(20)18-22)26(17-19)32-27(31)29-15-6-9-25(30)23(29)14-16-29/h4-5,7-8,11-12,18-19,23-24,26H,6,9-10,13-17H2,1-3H3/t19-,23-,24-,26-,29+/m1/s1. The zero-order chi connectivity index (χ0) is 22.5. The Kier molecular flexibility index (Phi) is 5.42. The highest BCUT2D eigenvalue weighted by atomic mass is 16.5. The number of benzene rings is 2. The van der Waals surface area contributed by atoms with E-state index in [2.05, 4.69) is 63.2 Å². The van der Waals surface area contributed by atoms with Crippen LogP contribution >= 0.6 is 0 Å². The lowest BCUT2D eigenvalue weighted by Crippen LogP contribution is -2.55. The average molecular weight is 433 g/mol. The number of Topliss-reactive ketones (excluding diaryl/α,β-unsaturated/α-hetero) is 1. The number of carbonyl (C=O) groups is 2. The van der Waals surface area contributed by atoms with E-state index in [1.807, 2.05) is 0 Å². The predicted octanol–water partition coefficient (Wildman–Crippen LogP) is 6.61. The average Bonchev–Trinajstić information content (AvgIpc) is 2.74. The van der Waals surface area contributed by atoms with Crippen LogP contribution in [0.1, 0.15) is 77.7 Å². The number of fused-ring (bicyclic) bond motifs is 2. The van der Waals surface area contributed by atoms with Crippen molar-refractivity contribution < 1.29 is 14.3 Å². The Morgan fingerprint density at radius 1 is 1.03 bits per heavy atom. The molecule has 0 aliphatic heterocycles. The number of ketones is 1. The van der Waals surface area contributed by atoms with Gasteiger partial charge in [0.2, 0.25) is 0 Å². The van der Waals surface area contributed by atoms with Crippen LogP contribution < -0.4 is 0 Å². The van der Waals surface area contributed by atoms with Crippen molar-refractivity contribution >= 4 is 22.5 Å². The zero-order valence-corrected chi connectivity index (χ0v) is 19.7. The molecular formula is C29H36O3. The largest absolute Gasteiger partial charge is 0.462 e. The maximum absolute atomic E-state index is 13.5. The van der Waals surface area contributed by atoms with E-state index in [1.165, 1.54) is 22.8 Å². The first kappa shape index (κ1) is 21.7. The quantitative estimate of drug-likeness (QED) is 0.510. The summed E-state index contributed by atoms with van der Waals surface area (Å²) in [7, 11) is 0. The van der Waals surface area contributed by atoms with Crippen LogP contribution in [0.4, 0.5) is 0 Å². The highest BCUT2D eigenvalue weighted by Crippen LogP contribution is 2.55. The molecule has 0 radical (unpaired) electrons. The van der Waals surface area contributed by atoms with E-state index in [-0.39, 0.29) is 35.1 Å². The first-order chi connectivity index (χ1) is 15.3. The normalized spacial score (nSPS) is 32.8. The topological polar surface area (TPSA) is 43.4 Å². The molecule has 3 heteroatoms. The van der Waals surface area contributed by atoms with Crippen LogP contribution in [-0.4, -0.2) is 17.9 Å². The van der Waals surface area contributed by atoms with Gasteiger partial charge < -0.3 is 4.74 Å². The SMILES string of the molecule is C[C@@H]1CC[C@@H](C(C)(C)c2ccc3ccccc3c2)[C@H](OC(=O)[C@]23CCCC(=O)[C@H]2CC3)C1. The second kappa shape index (κ2) is 8.01. The molecule has 5 rings (SSSR count). The monoisotopic (exact) mass is 432 g/mol. The van der Waals surface area contributed by atoms with Crippen molar-refractivity contribution in [3.05, 3.63) is 48.0 Å². The molecule has 2 aromatic carbocycles. The summed E-state index contributed by atoms with van der Waals surface area (Å²) in [4.78, 5) is 25.9. The molecule has 32 heavy (non-hydrogen) atoms. The van der Waals surface area contributed by atoms with Crippen molar-refractivity contribution in [1.29, 1.82) is 0 Å². The van der Waals surface area contributed by atoms with Gasteiger partial charge in [-0.3, -0.25) is 9.59 Å². The van der Waals surface area contributed by atoms with Crippen LogP contribution in [0.3, 0.4) is 0 Å². The highest BCUT2D eigenvalue weighted by Gasteiger charge is 2.58. The summed E-state index contributed by atoms with van der Waals surface area (Å²) >= 11 is 0. The molecule has 0 spiro atoms. The van der Waals surface area contributed by atoms with E-state index in [9.17, 15) is 9.59 Å². The van der Waals surface area contributed by atoms with Crippen molar-refractivity contribution in [2.45, 2.75) is 83.7 Å². The first-order valence-corrected chi connectivity index (χ1v) is 12.5. The number of ether oxygens (including phenoxy) is 1. The molecule has 0 amide bonds. The Bertz CT molecular complexity index is 1040. The molecule has 5 atom stereocenters. The first-order valence-electron chi connectivity index (χ1n) is 12.5. The highest BCUT2D eigenvalue weighted by molar-refractivity contribution is 5.92. The van der Waals surface area contributed by atoms with Gasteiger partial charge in [-0.15, -0.1) is 0 Å². The van der Waals surface area contributed by atoms with Gasteiger partial charge in [0.05, 0.1) is 5.41 Å². The maximum Gasteiger partial charge on any atom is 0.313 e. The fourth-order valence-corrected chi connectivity index (χ4v) is 6.85. The zero-order valence-electron chi connectivity index (χ0n) is 19.7. The molecule has 0 N–H and O–H groups in total. The molecule has 170 valence electrons. The Hall–Kier alpha value is -2.16. The lowest BCUT2D eigenvalue weighted by Gasteiger charge is -2.51. The van der Waals surface area contributed by atoms with Gasteiger partial charge in [0, 0.05) is 18.3 Å². The minimum Gasteiger partial charge on any atom is -0.462 e. The van der Waals surface area contributed by atoms with Gasteiger partial charge in [0.15, 0.2) is 0 Å². The molecular weight excluding hydrogens is 396 g/mol. The van der Waals surface area contributed by atoms with Crippen molar-refractivity contribution in [1.82, 2.24) is 0 Å². The van der Waals surface area contributed by atoms with Crippen molar-refractivity contribution in [2.75, 3.05) is 0 Å². The van der Waals surface area contributed by atoms with Crippen LogP contribution in [-0.2, 0) is 19.7 Å². The molecule has 0 unspecified atom stereocenters. The van der Waals surface area contributed by atoms with E-state index in [4.69, 9.17) is 4.74 Å². The van der Waals surface area contributed by atoms with Gasteiger partial charge in [0.25, 0.3) is 0 Å². The molecule has 0 heterocycles. The molecule has 2 aromatic rings. The lowest BCUT2D eigenvalue weighted by atomic mass is 9.53. The minimum absolute atomic E-state index is 0.0830. The minimum atomic E-state index is -0.520. The summed E-state index contributed by atoms with van der Waals surface area (Å²) < 4.78 is 6.39. The van der Waals surface area contributed by atoms with Crippen LogP contribution in [0.15, 0.2) is 42.5 Å². The van der Waals surface area contributed by atoms with Gasteiger partial charge in [0.1, 0.15) is 11.9 Å². The third kappa shape index (κ3) is 3.49. The number of hydrogen-bond donors (Lipinski definition) is 0. The summed E-state index contributed by atoms with van der Waals surface area (Å²) in [5.74, 6) is 0.943. The second-order valence-electron chi connectivity index (χ2n) is 11.3. The molecule has 3 fully saturated rings. The van der Waals surface area contributed by atoms with Crippen LogP contribution in [0, 0.1) is 23.2 Å². The lowest BCUT2D eigenvalue weighted by molar-refractivity contribution is -0.187. The van der Waals surface area contributed by atoms with E-state index >= 15 is 0 Å². The molecule has 3 aliphatic rings. The molecule has 3 saturated carbocycles.